The molecule has 0 atom stereocenters. The Morgan fingerprint density at radius 2 is 0.380 bits per heavy atom. The van der Waals surface area contributed by atoms with E-state index in [0.717, 1.165) is 45.0 Å². The standard InChI is InChI=1S/4C11H9N.2Ir/c4*1-2-6-10(7-3-1)11-8-4-5-9-12-11;;/h4*1-9H;;. The van der Waals surface area contributed by atoms with Crippen molar-refractivity contribution in [2.24, 2.45) is 0 Å². The first kappa shape index (κ1) is 39.2. The maximum Gasteiger partial charge on any atom is 0.0701 e. The Hall–Kier alpha value is -5.22. The molecule has 0 amide bonds. The molecule has 0 spiro atoms. The fraction of sp³-hybridized carbons (Fsp3) is 0. The molecule has 0 bridgehead atoms. The molecule has 0 aliphatic heterocycles. The summed E-state index contributed by atoms with van der Waals surface area (Å²) in [7, 11) is 0. The summed E-state index contributed by atoms with van der Waals surface area (Å²) in [6, 6.07) is 64.3. The van der Waals surface area contributed by atoms with E-state index in [0.29, 0.717) is 0 Å². The minimum absolute atomic E-state index is 0. The Labute approximate surface area is 322 Å². The molecule has 0 unspecified atom stereocenters. The second-order valence-corrected chi connectivity index (χ2v) is 10.3. The first-order chi connectivity index (χ1) is 23.9. The second kappa shape index (κ2) is 23.2. The number of rotatable bonds is 4. The van der Waals surface area contributed by atoms with Crippen molar-refractivity contribution in [3.63, 3.8) is 0 Å². The van der Waals surface area contributed by atoms with Crippen molar-refractivity contribution in [2.75, 3.05) is 0 Å². The van der Waals surface area contributed by atoms with Crippen LogP contribution in [-0.2, 0) is 40.2 Å². The van der Waals surface area contributed by atoms with E-state index in [1.165, 1.54) is 0 Å². The van der Waals surface area contributed by atoms with Gasteiger partial charge in [-0.3, -0.25) is 19.9 Å². The quantitative estimate of drug-likeness (QED) is 0.176. The van der Waals surface area contributed by atoms with Crippen LogP contribution in [0.2, 0.25) is 0 Å². The Morgan fingerprint density at radius 3 is 0.540 bits per heavy atom. The molecular formula is C44H36Ir2N4. The zero-order valence-electron chi connectivity index (χ0n) is 27.2. The number of aromatic nitrogens is 4. The summed E-state index contributed by atoms with van der Waals surface area (Å²) in [5.74, 6) is 0. The van der Waals surface area contributed by atoms with Gasteiger partial charge in [0.2, 0.25) is 0 Å². The number of pyridine rings is 4. The predicted octanol–water partition coefficient (Wildman–Crippen LogP) is 11.0. The molecule has 0 saturated heterocycles. The number of hydrogen-bond acceptors (Lipinski definition) is 4. The monoisotopic (exact) mass is 1010 g/mol. The van der Waals surface area contributed by atoms with Gasteiger partial charge in [0.15, 0.2) is 0 Å². The van der Waals surface area contributed by atoms with Crippen molar-refractivity contribution in [2.45, 2.75) is 0 Å². The molecule has 0 saturated carbocycles. The number of hydrogen-bond donors (Lipinski definition) is 0. The first-order valence-electron chi connectivity index (χ1n) is 15.7. The summed E-state index contributed by atoms with van der Waals surface area (Å²) in [5.41, 5.74) is 8.76. The zero-order chi connectivity index (χ0) is 32.9. The van der Waals surface area contributed by atoms with Gasteiger partial charge in [0.1, 0.15) is 0 Å². The summed E-state index contributed by atoms with van der Waals surface area (Å²) >= 11 is 0. The van der Waals surface area contributed by atoms with E-state index in [4.69, 9.17) is 0 Å². The van der Waals surface area contributed by atoms with E-state index in [9.17, 15) is 0 Å². The van der Waals surface area contributed by atoms with Crippen LogP contribution in [0.3, 0.4) is 0 Å². The van der Waals surface area contributed by atoms with Gasteiger partial charge in [0, 0.05) is 87.3 Å². The molecule has 50 heavy (non-hydrogen) atoms. The van der Waals surface area contributed by atoms with E-state index in [-0.39, 0.29) is 40.2 Å². The average Bonchev–Trinajstić information content (AvgIpc) is 3.21. The fourth-order valence-corrected chi connectivity index (χ4v) is 4.57. The first-order valence-corrected chi connectivity index (χ1v) is 15.7. The molecule has 4 heterocycles. The third-order valence-electron chi connectivity index (χ3n) is 6.94. The predicted molar refractivity (Wildman–Crippen MR) is 199 cm³/mol. The minimum atomic E-state index is 0. The van der Waals surface area contributed by atoms with Gasteiger partial charge in [-0.2, -0.15) is 0 Å². The van der Waals surface area contributed by atoms with Crippen LogP contribution in [0.5, 0.6) is 0 Å². The maximum atomic E-state index is 4.25. The van der Waals surface area contributed by atoms with Crippen LogP contribution in [0.15, 0.2) is 219 Å². The van der Waals surface area contributed by atoms with E-state index >= 15 is 0 Å². The molecule has 4 aromatic carbocycles. The summed E-state index contributed by atoms with van der Waals surface area (Å²) < 4.78 is 0. The molecule has 250 valence electrons. The van der Waals surface area contributed by atoms with Gasteiger partial charge in [-0.1, -0.05) is 146 Å². The van der Waals surface area contributed by atoms with Gasteiger partial charge in [-0.25, -0.2) is 0 Å². The average molecular weight is 1010 g/mol. The van der Waals surface area contributed by atoms with Crippen LogP contribution in [-0.4, -0.2) is 19.9 Å². The van der Waals surface area contributed by atoms with Crippen LogP contribution < -0.4 is 0 Å². The molecule has 4 aromatic heterocycles. The smallest absolute Gasteiger partial charge is 0.0701 e. The second-order valence-electron chi connectivity index (χ2n) is 10.3. The normalized spacial score (nSPS) is 9.28. The zero-order valence-corrected chi connectivity index (χ0v) is 32.0. The van der Waals surface area contributed by atoms with Gasteiger partial charge >= 0.3 is 0 Å². The molecule has 0 fully saturated rings. The molecule has 8 aromatic rings. The van der Waals surface area contributed by atoms with Crippen LogP contribution in [0, 0.1) is 0 Å². The topological polar surface area (TPSA) is 51.6 Å². The van der Waals surface area contributed by atoms with Crippen LogP contribution in [0.4, 0.5) is 0 Å². The van der Waals surface area contributed by atoms with E-state index in [1.54, 1.807) is 0 Å². The van der Waals surface area contributed by atoms with Crippen molar-refractivity contribution >= 4 is 0 Å². The molecule has 2 radical (unpaired) electrons. The summed E-state index contributed by atoms with van der Waals surface area (Å²) in [6.45, 7) is 0. The minimum Gasteiger partial charge on any atom is -0.256 e. The third kappa shape index (κ3) is 13.4. The van der Waals surface area contributed by atoms with Crippen LogP contribution in [0.1, 0.15) is 0 Å². The molecule has 6 heteroatoms. The van der Waals surface area contributed by atoms with E-state index < -0.39 is 0 Å². The molecule has 0 N–H and O–H groups in total. The van der Waals surface area contributed by atoms with Gasteiger partial charge < -0.3 is 0 Å². The number of nitrogens with zero attached hydrogens (tertiary/aromatic N) is 4. The van der Waals surface area contributed by atoms with Crippen molar-refractivity contribution in [1.29, 1.82) is 0 Å². The van der Waals surface area contributed by atoms with Gasteiger partial charge in [0.25, 0.3) is 0 Å². The van der Waals surface area contributed by atoms with Gasteiger partial charge in [-0.05, 0) is 48.5 Å². The Bertz CT molecular complexity index is 1520. The van der Waals surface area contributed by atoms with Crippen LogP contribution >= 0.6 is 0 Å². The fourth-order valence-electron chi connectivity index (χ4n) is 4.57. The van der Waals surface area contributed by atoms with Gasteiger partial charge in [-0.15, -0.1) is 0 Å². The summed E-state index contributed by atoms with van der Waals surface area (Å²) in [6.07, 6.45) is 7.23. The van der Waals surface area contributed by atoms with Crippen molar-refractivity contribution < 1.29 is 40.2 Å². The Balaban J connectivity index is 0.000000178. The van der Waals surface area contributed by atoms with Gasteiger partial charge in [0.05, 0.1) is 22.8 Å². The molecular weight excluding hydrogens is 969 g/mol. The largest absolute Gasteiger partial charge is 0.256 e. The third-order valence-corrected chi connectivity index (χ3v) is 6.94. The Morgan fingerprint density at radius 1 is 0.200 bits per heavy atom. The van der Waals surface area contributed by atoms with E-state index in [2.05, 4.69) is 68.5 Å². The molecule has 8 rings (SSSR count). The van der Waals surface area contributed by atoms with Crippen LogP contribution in [0.25, 0.3) is 45.0 Å². The summed E-state index contributed by atoms with van der Waals surface area (Å²) in [5, 5.41) is 0. The Kier molecular flexibility index (Phi) is 18.2. The molecule has 4 nitrogen and oxygen atoms in total. The van der Waals surface area contributed by atoms with Crippen molar-refractivity contribution in [3.8, 4) is 45.0 Å². The SMILES string of the molecule is [Ir].[Ir].c1ccc(-c2ccccn2)cc1.c1ccc(-c2ccccn2)cc1.c1ccc(-c2ccccn2)cc1.c1ccc(-c2ccccn2)cc1. The molecule has 0 aliphatic rings. The maximum absolute atomic E-state index is 4.25. The summed E-state index contributed by atoms with van der Waals surface area (Å²) in [4.78, 5) is 17.0. The molecule has 0 aliphatic carbocycles. The van der Waals surface area contributed by atoms with Crippen molar-refractivity contribution in [1.82, 2.24) is 19.9 Å². The number of benzene rings is 4. The van der Waals surface area contributed by atoms with Crippen molar-refractivity contribution in [3.05, 3.63) is 219 Å². The van der Waals surface area contributed by atoms with E-state index in [1.807, 2.05) is 170 Å².